The molecule has 20 heavy (non-hydrogen) atoms. The van der Waals surface area contributed by atoms with Crippen molar-refractivity contribution in [3.63, 3.8) is 0 Å². The first-order valence-corrected chi connectivity index (χ1v) is 8.71. The van der Waals surface area contributed by atoms with Gasteiger partial charge in [-0.05, 0) is 60.2 Å². The van der Waals surface area contributed by atoms with Crippen molar-refractivity contribution >= 4 is 33.2 Å². The van der Waals surface area contributed by atoms with Crippen LogP contribution >= 0.6 is 27.3 Å². The number of halogens is 1. The predicted molar refractivity (Wildman–Crippen MR) is 90.0 cm³/mol. The van der Waals surface area contributed by atoms with Crippen LogP contribution in [0.4, 0.5) is 0 Å². The number of aryl methyl sites for hydroxylation is 1. The Kier molecular flexibility index (Phi) is 7.20. The SMILES string of the molecule is CC(C)CC(C)(CN)NC(=O)CCCc1ccc(Br)s1. The minimum Gasteiger partial charge on any atom is -0.350 e. The number of hydrogen-bond acceptors (Lipinski definition) is 3. The summed E-state index contributed by atoms with van der Waals surface area (Å²) in [6.45, 7) is 6.81. The number of hydrogen-bond donors (Lipinski definition) is 2. The van der Waals surface area contributed by atoms with E-state index in [-0.39, 0.29) is 11.4 Å². The van der Waals surface area contributed by atoms with E-state index >= 15 is 0 Å². The lowest BCUT2D eigenvalue weighted by molar-refractivity contribution is -0.123. The molecule has 0 saturated carbocycles. The molecule has 3 nitrogen and oxygen atoms in total. The van der Waals surface area contributed by atoms with E-state index in [1.807, 2.05) is 13.0 Å². The quantitative estimate of drug-likeness (QED) is 0.742. The Morgan fingerprint density at radius 1 is 1.50 bits per heavy atom. The van der Waals surface area contributed by atoms with Gasteiger partial charge in [0.05, 0.1) is 3.79 Å². The Morgan fingerprint density at radius 2 is 2.20 bits per heavy atom. The van der Waals surface area contributed by atoms with Crippen LogP contribution in [0.25, 0.3) is 0 Å². The van der Waals surface area contributed by atoms with Crippen LogP contribution in [0.15, 0.2) is 15.9 Å². The zero-order chi connectivity index (χ0) is 15.2. The van der Waals surface area contributed by atoms with Crippen LogP contribution in [-0.2, 0) is 11.2 Å². The molecule has 0 aliphatic rings. The first kappa shape index (κ1) is 17.7. The Hall–Kier alpha value is -0.390. The second-order valence-electron chi connectivity index (χ2n) is 5.97. The molecule has 1 aromatic heterocycles. The largest absolute Gasteiger partial charge is 0.350 e. The Bertz CT molecular complexity index is 433. The summed E-state index contributed by atoms with van der Waals surface area (Å²) < 4.78 is 1.14. The summed E-state index contributed by atoms with van der Waals surface area (Å²) in [7, 11) is 0. The third-order valence-electron chi connectivity index (χ3n) is 3.21. The summed E-state index contributed by atoms with van der Waals surface area (Å²) in [5, 5.41) is 3.10. The first-order valence-electron chi connectivity index (χ1n) is 7.10. The van der Waals surface area contributed by atoms with Gasteiger partial charge in [-0.15, -0.1) is 11.3 Å². The minimum absolute atomic E-state index is 0.106. The molecule has 3 N–H and O–H groups in total. The zero-order valence-corrected chi connectivity index (χ0v) is 14.9. The van der Waals surface area contributed by atoms with Crippen molar-refractivity contribution in [3.05, 3.63) is 20.8 Å². The molecule has 0 saturated heterocycles. The molecule has 0 aliphatic heterocycles. The molecular formula is C15H25BrN2OS. The predicted octanol–water partition coefficient (Wildman–Crippen LogP) is 3.71. The average Bonchev–Trinajstić information content (AvgIpc) is 2.74. The molecule has 0 spiro atoms. The molecule has 1 aromatic rings. The number of carbonyl (C=O) groups excluding carboxylic acids is 1. The average molecular weight is 361 g/mol. The van der Waals surface area contributed by atoms with E-state index in [0.29, 0.717) is 18.9 Å². The second-order valence-corrected chi connectivity index (χ2v) is 8.52. The molecule has 1 unspecified atom stereocenters. The maximum Gasteiger partial charge on any atom is 0.220 e. The lowest BCUT2D eigenvalue weighted by Crippen LogP contribution is -2.52. The molecule has 0 aromatic carbocycles. The third-order valence-corrected chi connectivity index (χ3v) is 4.89. The molecule has 1 rings (SSSR count). The van der Waals surface area contributed by atoms with Gasteiger partial charge in [0.15, 0.2) is 0 Å². The van der Waals surface area contributed by atoms with Crippen LogP contribution in [0.1, 0.15) is 44.9 Å². The molecule has 5 heteroatoms. The number of nitrogens with two attached hydrogens (primary N) is 1. The summed E-state index contributed by atoms with van der Waals surface area (Å²) in [6, 6.07) is 4.16. The molecular weight excluding hydrogens is 336 g/mol. The van der Waals surface area contributed by atoms with Gasteiger partial charge in [0.2, 0.25) is 5.91 Å². The van der Waals surface area contributed by atoms with Gasteiger partial charge in [-0.1, -0.05) is 13.8 Å². The van der Waals surface area contributed by atoms with Gasteiger partial charge in [0, 0.05) is 23.4 Å². The van der Waals surface area contributed by atoms with Crippen molar-refractivity contribution in [3.8, 4) is 0 Å². The molecule has 0 radical (unpaired) electrons. The van der Waals surface area contributed by atoms with Crippen molar-refractivity contribution < 1.29 is 4.79 Å². The van der Waals surface area contributed by atoms with E-state index in [4.69, 9.17) is 5.73 Å². The summed E-state index contributed by atoms with van der Waals surface area (Å²) in [4.78, 5) is 13.3. The fraction of sp³-hybridized carbons (Fsp3) is 0.667. The number of rotatable bonds is 8. The van der Waals surface area contributed by atoms with Gasteiger partial charge in [0.25, 0.3) is 0 Å². The number of amides is 1. The highest BCUT2D eigenvalue weighted by Crippen LogP contribution is 2.23. The maximum atomic E-state index is 12.0. The number of thiophene rings is 1. The molecule has 1 atom stereocenters. The van der Waals surface area contributed by atoms with Gasteiger partial charge in [-0.25, -0.2) is 0 Å². The van der Waals surface area contributed by atoms with Crippen molar-refractivity contribution in [2.45, 2.75) is 52.0 Å². The van der Waals surface area contributed by atoms with Crippen LogP contribution in [-0.4, -0.2) is 18.0 Å². The monoisotopic (exact) mass is 360 g/mol. The smallest absolute Gasteiger partial charge is 0.220 e. The summed E-state index contributed by atoms with van der Waals surface area (Å²) in [5.74, 6) is 0.626. The highest BCUT2D eigenvalue weighted by atomic mass is 79.9. The van der Waals surface area contributed by atoms with E-state index in [1.54, 1.807) is 11.3 Å². The molecule has 1 heterocycles. The van der Waals surface area contributed by atoms with Gasteiger partial charge in [-0.3, -0.25) is 4.79 Å². The van der Waals surface area contributed by atoms with Crippen molar-refractivity contribution in [2.24, 2.45) is 11.7 Å². The van der Waals surface area contributed by atoms with Crippen molar-refractivity contribution in [1.29, 1.82) is 0 Å². The molecule has 1 amide bonds. The van der Waals surface area contributed by atoms with E-state index in [9.17, 15) is 4.79 Å². The lowest BCUT2D eigenvalue weighted by Gasteiger charge is -2.31. The van der Waals surface area contributed by atoms with E-state index in [0.717, 1.165) is 23.0 Å². The fourth-order valence-corrected chi connectivity index (χ4v) is 3.92. The van der Waals surface area contributed by atoms with Crippen LogP contribution in [0.2, 0.25) is 0 Å². The van der Waals surface area contributed by atoms with Gasteiger partial charge in [-0.2, -0.15) is 0 Å². The fourth-order valence-electron chi connectivity index (χ4n) is 2.39. The van der Waals surface area contributed by atoms with Gasteiger partial charge >= 0.3 is 0 Å². The van der Waals surface area contributed by atoms with Crippen LogP contribution in [0, 0.1) is 5.92 Å². The highest BCUT2D eigenvalue weighted by molar-refractivity contribution is 9.11. The molecule has 0 aliphatic carbocycles. The standard InChI is InChI=1S/C15H25BrN2OS/c1-11(2)9-15(3,10-17)18-14(19)6-4-5-12-7-8-13(16)20-12/h7-8,11H,4-6,9-10,17H2,1-3H3,(H,18,19). The third kappa shape index (κ3) is 6.37. The molecule has 114 valence electrons. The Balaban J connectivity index is 2.35. The second kappa shape index (κ2) is 8.15. The van der Waals surface area contributed by atoms with Crippen LogP contribution in [0.5, 0.6) is 0 Å². The Morgan fingerprint density at radius 3 is 2.70 bits per heavy atom. The van der Waals surface area contributed by atoms with Gasteiger partial charge in [0.1, 0.15) is 0 Å². The topological polar surface area (TPSA) is 55.1 Å². The van der Waals surface area contributed by atoms with Crippen LogP contribution in [0.3, 0.4) is 0 Å². The van der Waals surface area contributed by atoms with Crippen LogP contribution < -0.4 is 11.1 Å². The van der Waals surface area contributed by atoms with Crippen molar-refractivity contribution in [1.82, 2.24) is 5.32 Å². The summed E-state index contributed by atoms with van der Waals surface area (Å²) >= 11 is 5.18. The maximum absolute atomic E-state index is 12.0. The summed E-state index contributed by atoms with van der Waals surface area (Å²) in [6.07, 6.45) is 3.30. The zero-order valence-electron chi connectivity index (χ0n) is 12.5. The minimum atomic E-state index is -0.281. The first-order chi connectivity index (χ1) is 9.34. The lowest BCUT2D eigenvalue weighted by atomic mass is 9.90. The van der Waals surface area contributed by atoms with Crippen molar-refractivity contribution in [2.75, 3.05) is 6.54 Å². The van der Waals surface area contributed by atoms with E-state index < -0.39 is 0 Å². The summed E-state index contributed by atoms with van der Waals surface area (Å²) in [5.41, 5.74) is 5.53. The Labute approximate surface area is 134 Å². The normalized spacial score (nSPS) is 14.3. The number of nitrogens with one attached hydrogen (secondary N) is 1. The van der Waals surface area contributed by atoms with E-state index in [1.165, 1.54) is 4.88 Å². The molecule has 0 bridgehead atoms. The van der Waals surface area contributed by atoms with Gasteiger partial charge < -0.3 is 11.1 Å². The highest BCUT2D eigenvalue weighted by Gasteiger charge is 2.25. The molecule has 0 fully saturated rings. The number of carbonyl (C=O) groups is 1. The van der Waals surface area contributed by atoms with E-state index in [2.05, 4.69) is 41.2 Å².